The van der Waals surface area contributed by atoms with Gasteiger partial charge in [-0.3, -0.25) is 0 Å². The third-order valence-electron chi connectivity index (χ3n) is 7.91. The van der Waals surface area contributed by atoms with Crippen LogP contribution in [0, 0.1) is 0 Å². The van der Waals surface area contributed by atoms with E-state index in [-0.39, 0.29) is 27.3 Å². The minimum Gasteiger partial charge on any atom is -0.417 e. The molecule has 0 aliphatic rings. The van der Waals surface area contributed by atoms with Gasteiger partial charge in [-0.15, -0.1) is 6.58 Å². The lowest BCUT2D eigenvalue weighted by Gasteiger charge is -2.43. The van der Waals surface area contributed by atoms with Crippen LogP contribution in [0.3, 0.4) is 0 Å². The molecular formula is C26H56O3Si3. The van der Waals surface area contributed by atoms with Gasteiger partial charge in [0.15, 0.2) is 25.0 Å². The van der Waals surface area contributed by atoms with E-state index in [1.54, 1.807) is 0 Å². The summed E-state index contributed by atoms with van der Waals surface area (Å²) in [5.41, 5.74) is 0. The van der Waals surface area contributed by atoms with E-state index in [2.05, 4.69) is 120 Å². The molecule has 0 rings (SSSR count). The van der Waals surface area contributed by atoms with E-state index < -0.39 is 25.0 Å². The van der Waals surface area contributed by atoms with Crippen LogP contribution in [0.5, 0.6) is 0 Å². The van der Waals surface area contributed by atoms with Crippen LogP contribution in [0.2, 0.25) is 54.4 Å². The highest BCUT2D eigenvalue weighted by molar-refractivity contribution is 6.75. The van der Waals surface area contributed by atoms with E-state index in [4.69, 9.17) is 13.3 Å². The molecule has 6 heteroatoms. The molecule has 0 amide bonds. The molecule has 0 radical (unpaired) electrons. The number of hydrogen-bond acceptors (Lipinski definition) is 3. The Morgan fingerprint density at radius 1 is 0.656 bits per heavy atom. The van der Waals surface area contributed by atoms with E-state index in [1.807, 2.05) is 6.08 Å². The highest BCUT2D eigenvalue weighted by Crippen LogP contribution is 2.41. The zero-order valence-electron chi connectivity index (χ0n) is 24.2. The summed E-state index contributed by atoms with van der Waals surface area (Å²) in [6.45, 7) is 39.2. The smallest absolute Gasteiger partial charge is 0.193 e. The van der Waals surface area contributed by atoms with E-state index in [9.17, 15) is 0 Å². The molecule has 0 saturated carbocycles. The lowest BCUT2D eigenvalue weighted by Crippen LogP contribution is -2.50. The third kappa shape index (κ3) is 9.34. The molecule has 0 unspecified atom stereocenters. The Balaban J connectivity index is 5.61. The van der Waals surface area contributed by atoms with Crippen LogP contribution >= 0.6 is 0 Å². The van der Waals surface area contributed by atoms with E-state index in [0.717, 1.165) is 13.0 Å². The zero-order valence-corrected chi connectivity index (χ0v) is 27.2. The first-order valence-electron chi connectivity index (χ1n) is 12.3. The predicted octanol–water partition coefficient (Wildman–Crippen LogP) is 8.92. The topological polar surface area (TPSA) is 27.7 Å². The molecule has 0 aromatic carbocycles. The van der Waals surface area contributed by atoms with Crippen molar-refractivity contribution in [3.63, 3.8) is 0 Å². The highest BCUT2D eigenvalue weighted by Gasteiger charge is 2.43. The van der Waals surface area contributed by atoms with Crippen molar-refractivity contribution in [1.29, 1.82) is 0 Å². The summed E-state index contributed by atoms with van der Waals surface area (Å²) in [5, 5.41) is 0.499. The zero-order chi connectivity index (χ0) is 25.8. The Hall–Kier alpha value is 0.0106. The van der Waals surface area contributed by atoms with Crippen molar-refractivity contribution in [2.24, 2.45) is 0 Å². The Morgan fingerprint density at radius 3 is 1.38 bits per heavy atom. The first-order valence-corrected chi connectivity index (χ1v) is 21.0. The minimum absolute atomic E-state index is 0.129. The molecule has 0 N–H and O–H groups in total. The third-order valence-corrected chi connectivity index (χ3v) is 21.4. The van der Waals surface area contributed by atoms with Crippen molar-refractivity contribution >= 4 is 25.0 Å². The molecule has 190 valence electrons. The van der Waals surface area contributed by atoms with Crippen LogP contribution in [0.25, 0.3) is 0 Å². The van der Waals surface area contributed by atoms with Gasteiger partial charge in [-0.05, 0) is 60.8 Å². The molecule has 0 aromatic rings. The van der Waals surface area contributed by atoms with Crippen LogP contribution in [0.15, 0.2) is 24.8 Å². The number of hydrogen-bond donors (Lipinski definition) is 0. The Morgan fingerprint density at radius 2 is 1.03 bits per heavy atom. The molecule has 0 spiro atoms. The fourth-order valence-electron chi connectivity index (χ4n) is 2.33. The maximum atomic E-state index is 6.86. The summed E-state index contributed by atoms with van der Waals surface area (Å²) in [6, 6.07) is 0. The molecule has 0 aliphatic heterocycles. The SMILES string of the molecule is C=C[C@H](O[Si](C)(C)C(C)(C)C)[C@H](/C=C/CCO[Si](C)(C)C(C)(C)C)O[Si](C)(C)C(C)(C)C. The summed E-state index contributed by atoms with van der Waals surface area (Å²) in [7, 11) is -5.66. The number of rotatable bonds is 11. The molecule has 0 aliphatic carbocycles. The van der Waals surface area contributed by atoms with Crippen molar-refractivity contribution in [2.75, 3.05) is 6.61 Å². The summed E-state index contributed by atoms with van der Waals surface area (Å²) >= 11 is 0. The summed E-state index contributed by atoms with van der Waals surface area (Å²) in [6.07, 6.45) is 6.96. The molecule has 0 heterocycles. The van der Waals surface area contributed by atoms with Gasteiger partial charge in [0.2, 0.25) is 0 Å². The van der Waals surface area contributed by atoms with Gasteiger partial charge in [-0.1, -0.05) is 80.5 Å². The summed E-state index contributed by atoms with van der Waals surface area (Å²) in [5.74, 6) is 0. The fraction of sp³-hybridized carbons (Fsp3) is 0.846. The quantitative estimate of drug-likeness (QED) is 0.161. The highest BCUT2D eigenvalue weighted by atomic mass is 28.4. The first-order chi connectivity index (χ1) is 14.0. The van der Waals surface area contributed by atoms with Gasteiger partial charge in [-0.2, -0.15) is 0 Å². The van der Waals surface area contributed by atoms with Crippen LogP contribution in [-0.2, 0) is 13.3 Å². The predicted molar refractivity (Wildman–Crippen MR) is 151 cm³/mol. The van der Waals surface area contributed by atoms with Crippen molar-refractivity contribution < 1.29 is 13.3 Å². The van der Waals surface area contributed by atoms with E-state index in [1.165, 1.54) is 0 Å². The average molecular weight is 501 g/mol. The van der Waals surface area contributed by atoms with Crippen LogP contribution in [-0.4, -0.2) is 43.8 Å². The fourth-order valence-corrected chi connectivity index (χ4v) is 5.90. The Bertz CT molecular complexity index is 618. The van der Waals surface area contributed by atoms with Gasteiger partial charge in [0.25, 0.3) is 0 Å². The van der Waals surface area contributed by atoms with Crippen LogP contribution < -0.4 is 0 Å². The van der Waals surface area contributed by atoms with Crippen molar-refractivity contribution in [2.45, 2.75) is 135 Å². The summed E-state index contributed by atoms with van der Waals surface area (Å²) in [4.78, 5) is 0. The van der Waals surface area contributed by atoms with Crippen molar-refractivity contribution in [3.05, 3.63) is 24.8 Å². The molecule has 0 aromatic heterocycles. The Kier molecular flexibility index (Phi) is 11.2. The summed E-state index contributed by atoms with van der Waals surface area (Å²) < 4.78 is 20.0. The van der Waals surface area contributed by atoms with E-state index >= 15 is 0 Å². The Labute approximate surface area is 204 Å². The van der Waals surface area contributed by atoms with Gasteiger partial charge < -0.3 is 13.3 Å². The van der Waals surface area contributed by atoms with Crippen molar-refractivity contribution in [3.8, 4) is 0 Å². The maximum Gasteiger partial charge on any atom is 0.193 e. The van der Waals surface area contributed by atoms with E-state index in [0.29, 0.717) is 0 Å². The molecule has 3 nitrogen and oxygen atoms in total. The van der Waals surface area contributed by atoms with Gasteiger partial charge in [-0.25, -0.2) is 0 Å². The largest absolute Gasteiger partial charge is 0.417 e. The van der Waals surface area contributed by atoms with Crippen molar-refractivity contribution in [1.82, 2.24) is 0 Å². The molecule has 0 saturated heterocycles. The monoisotopic (exact) mass is 500 g/mol. The maximum absolute atomic E-state index is 6.86. The van der Waals surface area contributed by atoms with Crippen LogP contribution in [0.4, 0.5) is 0 Å². The van der Waals surface area contributed by atoms with Gasteiger partial charge in [0.05, 0.1) is 12.2 Å². The molecule has 2 atom stereocenters. The molecule has 0 fully saturated rings. The standard InChI is InChI=1S/C26H56O3Si3/c1-17-22(28-31(13,14)25(5,6)7)23(29-32(15,16)26(8,9)10)20-18-19-21-27-30(11,12)24(2,3)4/h17-18,20,22-23H,1,19,21H2,2-16H3/b20-18+/t22-,23-/m0/s1. The second kappa shape index (κ2) is 11.2. The normalized spacial score (nSPS) is 17.0. The molecule has 32 heavy (non-hydrogen) atoms. The van der Waals surface area contributed by atoms with Gasteiger partial charge in [0.1, 0.15) is 0 Å². The molecular weight excluding hydrogens is 445 g/mol. The minimum atomic E-state index is -1.98. The lowest BCUT2D eigenvalue weighted by molar-refractivity contribution is 0.0938. The lowest BCUT2D eigenvalue weighted by atomic mass is 10.2. The average Bonchev–Trinajstić information content (AvgIpc) is 2.55. The molecule has 0 bridgehead atoms. The van der Waals surface area contributed by atoms with Gasteiger partial charge >= 0.3 is 0 Å². The van der Waals surface area contributed by atoms with Crippen LogP contribution in [0.1, 0.15) is 68.7 Å². The second-order valence-electron chi connectivity index (χ2n) is 13.7. The first kappa shape index (κ1) is 32.0. The second-order valence-corrected chi connectivity index (χ2v) is 28.1. The van der Waals surface area contributed by atoms with Gasteiger partial charge in [0, 0.05) is 6.61 Å².